The molecule has 6 rings (SSSR count). The van der Waals surface area contributed by atoms with Gasteiger partial charge < -0.3 is 9.84 Å². The van der Waals surface area contributed by atoms with Gasteiger partial charge in [-0.3, -0.25) is 0 Å². The first kappa shape index (κ1) is 20.6. The Morgan fingerprint density at radius 1 is 0.903 bits per heavy atom. The Balaban J connectivity index is 1.62. The fourth-order valence-corrected chi connectivity index (χ4v) is 6.58. The van der Waals surface area contributed by atoms with Crippen molar-refractivity contribution in [1.82, 2.24) is 0 Å². The van der Waals surface area contributed by atoms with Crippen LogP contribution in [0.15, 0.2) is 54.6 Å². The zero-order valence-corrected chi connectivity index (χ0v) is 18.8. The lowest BCUT2D eigenvalue weighted by molar-refractivity contribution is -0.179. The van der Waals surface area contributed by atoms with Crippen LogP contribution in [0, 0.1) is 23.7 Å². The number of hydrogen-bond donors (Lipinski definition) is 1. The number of amides is 1. The molecule has 1 N–H and O–H groups in total. The molecule has 0 atom stereocenters. The molecule has 0 aliphatic heterocycles. The molecule has 4 aliphatic carbocycles. The van der Waals surface area contributed by atoms with Crippen LogP contribution in [0.25, 0.3) is 0 Å². The second-order valence-electron chi connectivity index (χ2n) is 10.8. The number of carbonyl (C=O) groups is 1. The third kappa shape index (κ3) is 3.55. The Labute approximate surface area is 185 Å². The van der Waals surface area contributed by atoms with E-state index in [4.69, 9.17) is 4.74 Å². The van der Waals surface area contributed by atoms with Gasteiger partial charge in [0.1, 0.15) is 5.60 Å². The third-order valence-corrected chi connectivity index (χ3v) is 7.55. The molecule has 4 saturated carbocycles. The second kappa shape index (κ2) is 7.37. The molecule has 31 heavy (non-hydrogen) atoms. The molecular formula is C27H33NO3. The molecule has 164 valence electrons. The number of rotatable bonds is 3. The predicted octanol–water partition coefficient (Wildman–Crippen LogP) is 6.40. The topological polar surface area (TPSA) is 49.8 Å². The van der Waals surface area contributed by atoms with E-state index in [1.54, 1.807) is 4.90 Å². The monoisotopic (exact) mass is 419 g/mol. The Kier molecular flexibility index (Phi) is 4.89. The maximum atomic E-state index is 13.4. The highest BCUT2D eigenvalue weighted by Gasteiger charge is 2.58. The van der Waals surface area contributed by atoms with E-state index in [2.05, 4.69) is 0 Å². The quantitative estimate of drug-likeness (QED) is 0.626. The molecule has 1 amide bonds. The molecule has 4 heteroatoms. The number of carbonyl (C=O) groups excluding carboxylic acids is 1. The van der Waals surface area contributed by atoms with E-state index in [0.717, 1.165) is 54.5 Å². The summed E-state index contributed by atoms with van der Waals surface area (Å²) in [5.74, 6) is 2.04. The highest BCUT2D eigenvalue weighted by Crippen LogP contribution is 2.62. The van der Waals surface area contributed by atoms with Crippen molar-refractivity contribution in [2.45, 2.75) is 64.1 Å². The van der Waals surface area contributed by atoms with Crippen LogP contribution in [0.3, 0.4) is 0 Å². The van der Waals surface area contributed by atoms with Crippen molar-refractivity contribution in [3.63, 3.8) is 0 Å². The molecule has 4 bridgehead atoms. The van der Waals surface area contributed by atoms with Crippen LogP contribution in [-0.4, -0.2) is 16.8 Å². The maximum absolute atomic E-state index is 13.4. The fraction of sp³-hybridized carbons (Fsp3) is 0.519. The summed E-state index contributed by atoms with van der Waals surface area (Å²) >= 11 is 0. The number of hydrogen-bond acceptors (Lipinski definition) is 3. The molecule has 0 radical (unpaired) electrons. The molecule has 0 heterocycles. The van der Waals surface area contributed by atoms with Crippen molar-refractivity contribution in [2.75, 3.05) is 4.90 Å². The minimum Gasteiger partial charge on any atom is -0.443 e. The average molecular weight is 420 g/mol. The highest BCUT2D eigenvalue weighted by atomic mass is 16.6. The van der Waals surface area contributed by atoms with Crippen LogP contribution in [-0.2, 0) is 10.3 Å². The van der Waals surface area contributed by atoms with E-state index in [0.29, 0.717) is 0 Å². The molecule has 0 saturated heterocycles. The van der Waals surface area contributed by atoms with E-state index in [1.165, 1.54) is 6.42 Å². The first-order valence-electron chi connectivity index (χ1n) is 11.7. The van der Waals surface area contributed by atoms with Crippen LogP contribution in [0.2, 0.25) is 0 Å². The summed E-state index contributed by atoms with van der Waals surface area (Å²) in [6.45, 7) is 5.64. The molecule has 4 nitrogen and oxygen atoms in total. The first-order valence-corrected chi connectivity index (χ1v) is 11.7. The van der Waals surface area contributed by atoms with Gasteiger partial charge in [-0.1, -0.05) is 36.4 Å². The largest absolute Gasteiger partial charge is 0.443 e. The molecule has 0 unspecified atom stereocenters. The fourth-order valence-electron chi connectivity index (χ4n) is 6.58. The molecule has 0 aromatic heterocycles. The summed E-state index contributed by atoms with van der Waals surface area (Å²) in [4.78, 5) is 15.1. The van der Waals surface area contributed by atoms with Crippen LogP contribution in [0.4, 0.5) is 16.2 Å². The lowest BCUT2D eigenvalue weighted by Gasteiger charge is -2.59. The lowest BCUT2D eigenvalue weighted by atomic mass is 9.48. The van der Waals surface area contributed by atoms with Crippen molar-refractivity contribution in [3.05, 3.63) is 60.2 Å². The Bertz CT molecular complexity index is 934. The molecule has 2 aromatic carbocycles. The molecule has 2 aromatic rings. The highest BCUT2D eigenvalue weighted by molar-refractivity contribution is 5.97. The molecule has 4 aliphatic rings. The summed E-state index contributed by atoms with van der Waals surface area (Å²) < 4.78 is 5.81. The predicted molar refractivity (Wildman–Crippen MR) is 122 cm³/mol. The van der Waals surface area contributed by atoms with Crippen molar-refractivity contribution < 1.29 is 14.6 Å². The van der Waals surface area contributed by atoms with Crippen LogP contribution in [0.5, 0.6) is 0 Å². The van der Waals surface area contributed by atoms with Gasteiger partial charge in [0.15, 0.2) is 0 Å². The van der Waals surface area contributed by atoms with E-state index in [1.807, 2.05) is 75.4 Å². The summed E-state index contributed by atoms with van der Waals surface area (Å²) in [6, 6.07) is 17.5. The molecule has 4 fully saturated rings. The summed E-state index contributed by atoms with van der Waals surface area (Å²) in [6.07, 6.45) is 5.29. The van der Waals surface area contributed by atoms with Gasteiger partial charge in [-0.25, -0.2) is 9.69 Å². The minimum absolute atomic E-state index is 0.265. The number of aliphatic hydroxyl groups is 1. The van der Waals surface area contributed by atoms with Gasteiger partial charge in [0.25, 0.3) is 0 Å². The average Bonchev–Trinajstić information content (AvgIpc) is 2.71. The summed E-state index contributed by atoms with van der Waals surface area (Å²) in [5.41, 5.74) is 0.852. The number of ether oxygens (including phenoxy) is 1. The smallest absolute Gasteiger partial charge is 0.419 e. The third-order valence-electron chi connectivity index (χ3n) is 7.55. The zero-order valence-electron chi connectivity index (χ0n) is 18.8. The van der Waals surface area contributed by atoms with Crippen molar-refractivity contribution >= 4 is 17.5 Å². The van der Waals surface area contributed by atoms with Gasteiger partial charge in [0.2, 0.25) is 0 Å². The van der Waals surface area contributed by atoms with Crippen LogP contribution in [0.1, 0.15) is 58.4 Å². The van der Waals surface area contributed by atoms with E-state index in [-0.39, 0.29) is 11.8 Å². The van der Waals surface area contributed by atoms with Crippen molar-refractivity contribution in [3.8, 4) is 0 Å². The van der Waals surface area contributed by atoms with E-state index in [9.17, 15) is 9.90 Å². The second-order valence-corrected chi connectivity index (χ2v) is 10.8. The van der Waals surface area contributed by atoms with Crippen molar-refractivity contribution in [2.24, 2.45) is 23.7 Å². The standard InChI is InChI=1S/C27H33NO3/c1-26(2,3)31-25(29)28(22-9-5-4-6-10-22)24-12-8-7-11-23(24)27(30)20-14-18-13-19(16-20)17-21(27)15-18/h4-12,18-21,30H,13-17H2,1-3H3. The van der Waals surface area contributed by atoms with E-state index < -0.39 is 17.3 Å². The van der Waals surface area contributed by atoms with Crippen LogP contribution >= 0.6 is 0 Å². The summed E-state index contributed by atoms with van der Waals surface area (Å²) in [5, 5.41) is 12.3. The normalized spacial score (nSPS) is 31.5. The minimum atomic E-state index is -0.890. The van der Waals surface area contributed by atoms with Gasteiger partial charge in [-0.05, 0) is 94.7 Å². The maximum Gasteiger partial charge on any atom is 0.419 e. The number of anilines is 2. The summed E-state index contributed by atoms with van der Waals surface area (Å²) in [7, 11) is 0. The zero-order chi connectivity index (χ0) is 21.8. The van der Waals surface area contributed by atoms with Gasteiger partial charge in [0.05, 0.1) is 17.0 Å². The number of nitrogens with zero attached hydrogens (tertiary/aromatic N) is 1. The van der Waals surface area contributed by atoms with Gasteiger partial charge >= 0.3 is 6.09 Å². The number of benzene rings is 2. The Morgan fingerprint density at radius 3 is 2.03 bits per heavy atom. The molecular weight excluding hydrogens is 386 g/mol. The van der Waals surface area contributed by atoms with Gasteiger partial charge in [-0.2, -0.15) is 0 Å². The number of para-hydroxylation sites is 2. The first-order chi connectivity index (χ1) is 14.8. The van der Waals surface area contributed by atoms with Gasteiger partial charge in [-0.15, -0.1) is 0 Å². The van der Waals surface area contributed by atoms with Crippen molar-refractivity contribution in [1.29, 1.82) is 0 Å². The SMILES string of the molecule is CC(C)(C)OC(=O)N(c1ccccc1)c1ccccc1C1(O)C2CC3CC(C2)CC1C3. The lowest BCUT2D eigenvalue weighted by Crippen LogP contribution is -2.56. The molecule has 0 spiro atoms. The Morgan fingerprint density at radius 2 is 1.45 bits per heavy atom. The van der Waals surface area contributed by atoms with Gasteiger partial charge in [0, 0.05) is 5.56 Å². The van der Waals surface area contributed by atoms with E-state index >= 15 is 0 Å². The van der Waals surface area contributed by atoms with Crippen LogP contribution < -0.4 is 4.90 Å². The Hall–Kier alpha value is -2.33.